The molecule has 0 bridgehead atoms. The van der Waals surface area contributed by atoms with Gasteiger partial charge in [-0.3, -0.25) is 24.5 Å². The number of methoxy groups -OCH3 is 1. The lowest BCUT2D eigenvalue weighted by Crippen LogP contribution is -2.40. The summed E-state index contributed by atoms with van der Waals surface area (Å²) in [5.74, 6) is -1.56. The van der Waals surface area contributed by atoms with Crippen molar-refractivity contribution >= 4 is 46.5 Å². The average Bonchev–Trinajstić information content (AvgIpc) is 2.99. The van der Waals surface area contributed by atoms with Crippen LogP contribution in [0.2, 0.25) is 10.0 Å². The maximum absolute atomic E-state index is 13.1. The molecular formula is C30H29Cl2N3O7. The molecule has 0 spiro atoms. The van der Waals surface area contributed by atoms with Gasteiger partial charge in [0.05, 0.1) is 46.7 Å². The fraction of sp³-hybridized carbons (Fsp3) is 0.300. The van der Waals surface area contributed by atoms with Crippen molar-refractivity contribution in [2.75, 3.05) is 26.8 Å². The molecule has 2 N–H and O–H groups in total. The molecule has 1 aliphatic rings. The zero-order valence-electron chi connectivity index (χ0n) is 22.7. The van der Waals surface area contributed by atoms with Gasteiger partial charge in [-0.25, -0.2) is 0 Å². The van der Waals surface area contributed by atoms with Gasteiger partial charge in [0.1, 0.15) is 5.75 Å². The third-order valence-electron chi connectivity index (χ3n) is 6.98. The van der Waals surface area contributed by atoms with Gasteiger partial charge in [0.15, 0.2) is 5.78 Å². The Bertz CT molecular complexity index is 1460. The number of fused-ring (bicyclic) bond motifs is 1. The number of rotatable bonds is 12. The Labute approximate surface area is 252 Å². The van der Waals surface area contributed by atoms with Crippen LogP contribution in [-0.2, 0) is 14.3 Å². The van der Waals surface area contributed by atoms with E-state index in [9.17, 15) is 24.5 Å². The van der Waals surface area contributed by atoms with Gasteiger partial charge in [0.2, 0.25) is 5.91 Å². The smallest absolute Gasteiger partial charge is 0.310 e. The van der Waals surface area contributed by atoms with Crippen molar-refractivity contribution in [1.29, 1.82) is 0 Å². The molecule has 0 aliphatic carbocycles. The normalized spacial score (nSPS) is 14.7. The highest BCUT2D eigenvalue weighted by Crippen LogP contribution is 2.35. The molecule has 3 aromatic rings. The van der Waals surface area contributed by atoms with Gasteiger partial charge in [-0.2, -0.15) is 0 Å². The first kappa shape index (κ1) is 31.0. The first-order valence-electron chi connectivity index (χ1n) is 13.2. The largest absolute Gasteiger partial charge is 0.493 e. The molecule has 2 atom stereocenters. The molecule has 3 aromatic carbocycles. The number of carbonyl (C=O) groups excluding carboxylic acids is 3. The highest BCUT2D eigenvalue weighted by Gasteiger charge is 2.26. The molecule has 42 heavy (non-hydrogen) atoms. The number of hydrogen-bond acceptors (Lipinski definition) is 8. The van der Waals surface area contributed by atoms with E-state index >= 15 is 0 Å². The van der Waals surface area contributed by atoms with E-state index in [1.54, 1.807) is 18.2 Å². The molecule has 0 radical (unpaired) electrons. The number of ketones is 1. The maximum atomic E-state index is 13.1. The number of non-ortho nitro benzene ring substituents is 1. The van der Waals surface area contributed by atoms with Crippen LogP contribution in [0.1, 0.15) is 41.2 Å². The summed E-state index contributed by atoms with van der Waals surface area (Å²) in [6.07, 6.45) is 0.574. The molecule has 0 saturated carbocycles. The third kappa shape index (κ3) is 7.64. The molecule has 0 saturated heterocycles. The summed E-state index contributed by atoms with van der Waals surface area (Å²) in [5, 5.41) is 17.4. The number of nitro benzene ring substituents is 1. The Hall–Kier alpha value is -3.99. The van der Waals surface area contributed by atoms with Crippen LogP contribution in [0.4, 0.5) is 5.69 Å². The van der Waals surface area contributed by atoms with Crippen LogP contribution in [0.5, 0.6) is 5.75 Å². The van der Waals surface area contributed by atoms with Crippen LogP contribution in [-0.4, -0.2) is 49.4 Å². The Morgan fingerprint density at radius 3 is 2.45 bits per heavy atom. The second-order valence-electron chi connectivity index (χ2n) is 9.72. The Morgan fingerprint density at radius 1 is 1.07 bits per heavy atom. The van der Waals surface area contributed by atoms with Crippen molar-refractivity contribution < 1.29 is 28.8 Å². The predicted octanol–water partition coefficient (Wildman–Crippen LogP) is 5.55. The van der Waals surface area contributed by atoms with Crippen molar-refractivity contribution in [1.82, 2.24) is 10.6 Å². The number of ether oxygens (including phenoxy) is 2. The number of Topliss-reactive ketones (excluding diaryl/α,β-unsaturated/α-hetero) is 1. The minimum Gasteiger partial charge on any atom is -0.493 e. The number of hydrogen-bond donors (Lipinski definition) is 2. The summed E-state index contributed by atoms with van der Waals surface area (Å²) >= 11 is 12.9. The number of amides is 1. The van der Waals surface area contributed by atoms with Crippen molar-refractivity contribution in [3.05, 3.63) is 92.0 Å². The quantitative estimate of drug-likeness (QED) is 0.117. The van der Waals surface area contributed by atoms with E-state index in [0.29, 0.717) is 24.3 Å². The van der Waals surface area contributed by atoms with Crippen LogP contribution in [0.3, 0.4) is 0 Å². The fourth-order valence-corrected chi connectivity index (χ4v) is 5.46. The lowest BCUT2D eigenvalue weighted by Gasteiger charge is -2.26. The molecule has 12 heteroatoms. The monoisotopic (exact) mass is 613 g/mol. The SMILES string of the molecule is COC(=O)[C@@H](CCC(=O)c1c(Cl)cc(-c2ccccc2)cc1Cl)CNC(=O)CNC1CCOc2ccc([N+](=O)[O-])cc21. The summed E-state index contributed by atoms with van der Waals surface area (Å²) in [6, 6.07) is 16.8. The summed E-state index contributed by atoms with van der Waals surface area (Å²) < 4.78 is 10.5. The van der Waals surface area contributed by atoms with Gasteiger partial charge in [-0.1, -0.05) is 53.5 Å². The second-order valence-corrected chi connectivity index (χ2v) is 10.5. The summed E-state index contributed by atoms with van der Waals surface area (Å²) in [6.45, 7) is 0.245. The third-order valence-corrected chi connectivity index (χ3v) is 7.58. The second kappa shape index (κ2) is 14.3. The van der Waals surface area contributed by atoms with Crippen LogP contribution < -0.4 is 15.4 Å². The molecule has 10 nitrogen and oxygen atoms in total. The molecule has 220 valence electrons. The number of nitro groups is 1. The molecule has 4 rings (SSSR count). The van der Waals surface area contributed by atoms with E-state index in [-0.39, 0.29) is 59.1 Å². The molecular weight excluding hydrogens is 585 g/mol. The Morgan fingerprint density at radius 2 is 1.79 bits per heavy atom. The first-order valence-corrected chi connectivity index (χ1v) is 14.0. The Balaban J connectivity index is 1.33. The van der Waals surface area contributed by atoms with E-state index in [1.807, 2.05) is 30.3 Å². The molecule has 1 unspecified atom stereocenters. The zero-order valence-corrected chi connectivity index (χ0v) is 24.2. The number of esters is 1. The van der Waals surface area contributed by atoms with E-state index < -0.39 is 22.7 Å². The maximum Gasteiger partial charge on any atom is 0.310 e. The molecule has 0 aromatic heterocycles. The van der Waals surface area contributed by atoms with Crippen LogP contribution in [0.15, 0.2) is 60.7 Å². The molecule has 1 aliphatic heterocycles. The van der Waals surface area contributed by atoms with Crippen LogP contribution in [0, 0.1) is 16.0 Å². The van der Waals surface area contributed by atoms with Gasteiger partial charge in [0.25, 0.3) is 5.69 Å². The molecule has 1 amide bonds. The highest BCUT2D eigenvalue weighted by molar-refractivity contribution is 6.40. The zero-order chi connectivity index (χ0) is 30.2. The van der Waals surface area contributed by atoms with E-state index in [2.05, 4.69) is 10.6 Å². The number of halogens is 2. The summed E-state index contributed by atoms with van der Waals surface area (Å²) in [5.41, 5.74) is 2.38. The van der Waals surface area contributed by atoms with Crippen LogP contribution in [0.25, 0.3) is 11.1 Å². The fourth-order valence-electron chi connectivity index (χ4n) is 4.76. The van der Waals surface area contributed by atoms with E-state index in [0.717, 1.165) is 11.1 Å². The van der Waals surface area contributed by atoms with Gasteiger partial charge in [-0.05, 0) is 35.7 Å². The van der Waals surface area contributed by atoms with Gasteiger partial charge >= 0.3 is 5.97 Å². The van der Waals surface area contributed by atoms with Crippen molar-refractivity contribution in [2.24, 2.45) is 5.92 Å². The number of nitrogens with zero attached hydrogens (tertiary/aromatic N) is 1. The number of nitrogens with one attached hydrogen (secondary N) is 2. The molecule has 0 fully saturated rings. The summed E-state index contributed by atoms with van der Waals surface area (Å²) in [4.78, 5) is 48.8. The predicted molar refractivity (Wildman–Crippen MR) is 158 cm³/mol. The van der Waals surface area contributed by atoms with Gasteiger partial charge in [0, 0.05) is 43.1 Å². The van der Waals surface area contributed by atoms with Gasteiger partial charge in [-0.15, -0.1) is 0 Å². The topological polar surface area (TPSA) is 137 Å². The van der Waals surface area contributed by atoms with Gasteiger partial charge < -0.3 is 20.1 Å². The minimum atomic E-state index is -0.782. The van der Waals surface area contributed by atoms with Crippen molar-refractivity contribution in [3.8, 4) is 16.9 Å². The van der Waals surface area contributed by atoms with E-state index in [1.165, 1.54) is 19.2 Å². The lowest BCUT2D eigenvalue weighted by atomic mass is 9.96. The number of carbonyl (C=O) groups is 3. The number of benzene rings is 3. The van der Waals surface area contributed by atoms with Crippen molar-refractivity contribution in [3.63, 3.8) is 0 Å². The summed E-state index contributed by atoms with van der Waals surface area (Å²) in [7, 11) is 1.23. The highest BCUT2D eigenvalue weighted by atomic mass is 35.5. The Kier molecular flexibility index (Phi) is 10.5. The average molecular weight is 614 g/mol. The standard InChI is InChI=1S/C30H29Cl2N3O7/c1-41-30(38)19(7-9-26(36)29-23(31)13-20(14-24(29)32)18-5-3-2-4-6-18)16-34-28(37)17-33-25-11-12-42-27-10-8-21(35(39)40)15-22(25)27/h2-6,8,10,13-15,19,25,33H,7,9,11-12,16-17H2,1H3,(H,34,37)/t19-,25?/m0/s1. The lowest BCUT2D eigenvalue weighted by molar-refractivity contribution is -0.385. The first-order chi connectivity index (χ1) is 20.2. The van der Waals surface area contributed by atoms with Crippen molar-refractivity contribution in [2.45, 2.75) is 25.3 Å². The van der Waals surface area contributed by atoms with Crippen LogP contribution >= 0.6 is 23.2 Å². The minimum absolute atomic E-state index is 0.0460. The molecule has 1 heterocycles. The van der Waals surface area contributed by atoms with E-state index in [4.69, 9.17) is 32.7 Å².